The fourth-order valence-electron chi connectivity index (χ4n) is 2.74. The van der Waals surface area contributed by atoms with Crippen LogP contribution in [0.1, 0.15) is 31.1 Å². The Bertz CT molecular complexity index is 562. The van der Waals surface area contributed by atoms with Crippen LogP contribution in [0.15, 0.2) is 18.2 Å². The van der Waals surface area contributed by atoms with Crippen molar-refractivity contribution in [3.8, 4) is 11.5 Å². The number of morpholine rings is 1. The summed E-state index contributed by atoms with van der Waals surface area (Å²) in [5.41, 5.74) is 0.566. The number of methoxy groups -OCH3 is 1. The molecule has 0 radical (unpaired) electrons. The van der Waals surface area contributed by atoms with E-state index in [1.165, 1.54) is 14.0 Å². The molecule has 3 atom stereocenters. The minimum absolute atomic E-state index is 0.0321. The molecule has 1 heterocycles. The second-order valence-electron chi connectivity index (χ2n) is 6.33. The van der Waals surface area contributed by atoms with Crippen LogP contribution in [0.25, 0.3) is 0 Å². The van der Waals surface area contributed by atoms with Crippen LogP contribution in [0.3, 0.4) is 0 Å². The number of ether oxygens (including phenoxy) is 3. The predicted octanol–water partition coefficient (Wildman–Crippen LogP) is 1.75. The summed E-state index contributed by atoms with van der Waals surface area (Å²) in [6.45, 7) is 7.79. The Morgan fingerprint density at radius 1 is 1.42 bits per heavy atom. The molecule has 0 unspecified atom stereocenters. The van der Waals surface area contributed by atoms with Gasteiger partial charge in [-0.3, -0.25) is 9.69 Å². The van der Waals surface area contributed by atoms with Crippen LogP contribution in [0.5, 0.6) is 11.5 Å². The van der Waals surface area contributed by atoms with E-state index in [9.17, 15) is 9.90 Å². The average molecular weight is 337 g/mol. The topological polar surface area (TPSA) is 68.2 Å². The molecule has 1 aliphatic rings. The van der Waals surface area contributed by atoms with Gasteiger partial charge in [0.25, 0.3) is 0 Å². The van der Waals surface area contributed by atoms with E-state index in [4.69, 9.17) is 14.2 Å². The SMILES string of the molecule is COc1cc(C(C)=O)ccc1OC[C@H](O)CN1C[C@@H](C)OC[C@@H]1C. The molecule has 0 bridgehead atoms. The lowest BCUT2D eigenvalue weighted by atomic mass is 10.1. The van der Waals surface area contributed by atoms with Crippen LogP contribution in [-0.2, 0) is 4.74 Å². The number of carbonyl (C=O) groups is 1. The normalized spacial score (nSPS) is 22.9. The Balaban J connectivity index is 1.91. The lowest BCUT2D eigenvalue weighted by Crippen LogP contribution is -2.50. The number of rotatable bonds is 7. The molecule has 24 heavy (non-hydrogen) atoms. The number of Topliss-reactive ketones (excluding diaryl/α,β-unsaturated/α-hetero) is 1. The highest BCUT2D eigenvalue weighted by Gasteiger charge is 2.25. The minimum atomic E-state index is -0.616. The molecule has 0 spiro atoms. The molecule has 2 rings (SSSR count). The van der Waals surface area contributed by atoms with E-state index >= 15 is 0 Å². The quantitative estimate of drug-likeness (QED) is 0.765. The van der Waals surface area contributed by atoms with Crippen molar-refractivity contribution in [1.82, 2.24) is 4.90 Å². The molecule has 1 saturated heterocycles. The van der Waals surface area contributed by atoms with E-state index in [1.54, 1.807) is 18.2 Å². The number of β-amino-alcohol motifs (C(OH)–C–C–N with tert-alkyl or cyclic N) is 1. The monoisotopic (exact) mass is 337 g/mol. The number of aliphatic hydroxyl groups is 1. The van der Waals surface area contributed by atoms with Crippen molar-refractivity contribution in [2.45, 2.75) is 39.0 Å². The van der Waals surface area contributed by atoms with Crippen LogP contribution in [0.4, 0.5) is 0 Å². The minimum Gasteiger partial charge on any atom is -0.493 e. The van der Waals surface area contributed by atoms with Crippen LogP contribution < -0.4 is 9.47 Å². The molecule has 1 aliphatic heterocycles. The Labute approximate surface area is 143 Å². The molecule has 1 fully saturated rings. The number of ketones is 1. The number of benzene rings is 1. The molecule has 134 valence electrons. The molecular weight excluding hydrogens is 310 g/mol. The van der Waals surface area contributed by atoms with Gasteiger partial charge in [0.05, 0.1) is 19.8 Å². The first-order valence-electron chi connectivity index (χ1n) is 8.26. The van der Waals surface area contributed by atoms with E-state index in [-0.39, 0.29) is 24.5 Å². The van der Waals surface area contributed by atoms with Crippen LogP contribution >= 0.6 is 0 Å². The van der Waals surface area contributed by atoms with Gasteiger partial charge in [0.1, 0.15) is 12.7 Å². The molecule has 0 amide bonds. The van der Waals surface area contributed by atoms with Gasteiger partial charge in [0, 0.05) is 24.7 Å². The Kier molecular flexibility index (Phi) is 6.60. The fourth-order valence-corrected chi connectivity index (χ4v) is 2.74. The van der Waals surface area contributed by atoms with Gasteiger partial charge >= 0.3 is 0 Å². The molecule has 6 heteroatoms. The number of hydrogen-bond acceptors (Lipinski definition) is 6. The molecule has 1 aromatic carbocycles. The van der Waals surface area contributed by atoms with Crippen molar-refractivity contribution < 1.29 is 24.1 Å². The summed E-state index contributed by atoms with van der Waals surface area (Å²) in [5.74, 6) is 0.975. The molecular formula is C18H27NO5. The highest BCUT2D eigenvalue weighted by Crippen LogP contribution is 2.28. The largest absolute Gasteiger partial charge is 0.493 e. The maximum atomic E-state index is 11.4. The van der Waals surface area contributed by atoms with Gasteiger partial charge in [-0.05, 0) is 39.0 Å². The van der Waals surface area contributed by atoms with Crippen LogP contribution in [0, 0.1) is 0 Å². The lowest BCUT2D eigenvalue weighted by molar-refractivity contribution is -0.0650. The first kappa shape index (κ1) is 18.7. The standard InChI is InChI=1S/C18H27NO5/c1-12-10-23-13(2)8-19(12)9-16(21)11-24-17-6-5-15(14(3)20)7-18(17)22-4/h5-7,12-13,16,21H,8-11H2,1-4H3/t12-,13+,16+/m0/s1. The first-order chi connectivity index (χ1) is 11.4. The summed E-state index contributed by atoms with van der Waals surface area (Å²) in [6, 6.07) is 5.32. The molecule has 6 nitrogen and oxygen atoms in total. The maximum Gasteiger partial charge on any atom is 0.161 e. The van der Waals surface area contributed by atoms with Gasteiger partial charge < -0.3 is 19.3 Å². The zero-order valence-electron chi connectivity index (χ0n) is 14.8. The molecule has 1 N–H and O–H groups in total. The van der Waals surface area contributed by atoms with E-state index < -0.39 is 6.10 Å². The number of aliphatic hydroxyl groups excluding tert-OH is 1. The summed E-state index contributed by atoms with van der Waals surface area (Å²) < 4.78 is 16.5. The third-order valence-corrected chi connectivity index (χ3v) is 4.18. The van der Waals surface area contributed by atoms with Gasteiger partial charge in [-0.15, -0.1) is 0 Å². The van der Waals surface area contributed by atoms with Gasteiger partial charge in [0.2, 0.25) is 0 Å². The Morgan fingerprint density at radius 3 is 2.83 bits per heavy atom. The Morgan fingerprint density at radius 2 is 2.17 bits per heavy atom. The van der Waals surface area contributed by atoms with E-state index in [2.05, 4.69) is 11.8 Å². The van der Waals surface area contributed by atoms with Gasteiger partial charge in [0.15, 0.2) is 17.3 Å². The van der Waals surface area contributed by atoms with E-state index in [1.807, 2.05) is 6.92 Å². The van der Waals surface area contributed by atoms with Crippen LogP contribution in [-0.4, -0.2) is 67.5 Å². The smallest absolute Gasteiger partial charge is 0.161 e. The second kappa shape index (κ2) is 8.46. The summed E-state index contributed by atoms with van der Waals surface area (Å²) in [7, 11) is 1.53. The average Bonchev–Trinajstić information content (AvgIpc) is 2.56. The predicted molar refractivity (Wildman–Crippen MR) is 90.9 cm³/mol. The maximum absolute atomic E-state index is 11.4. The lowest BCUT2D eigenvalue weighted by Gasteiger charge is -2.37. The van der Waals surface area contributed by atoms with E-state index in [0.29, 0.717) is 30.2 Å². The fraction of sp³-hybridized carbons (Fsp3) is 0.611. The summed E-state index contributed by atoms with van der Waals surface area (Å²) >= 11 is 0. The first-order valence-corrected chi connectivity index (χ1v) is 8.26. The van der Waals surface area contributed by atoms with Gasteiger partial charge in [-0.25, -0.2) is 0 Å². The highest BCUT2D eigenvalue weighted by atomic mass is 16.5. The summed E-state index contributed by atoms with van der Waals surface area (Å²) in [6.07, 6.45) is -0.441. The number of nitrogens with zero attached hydrogens (tertiary/aromatic N) is 1. The third-order valence-electron chi connectivity index (χ3n) is 4.18. The van der Waals surface area contributed by atoms with Crippen molar-refractivity contribution in [2.75, 3.05) is 33.4 Å². The summed E-state index contributed by atoms with van der Waals surface area (Å²) in [4.78, 5) is 13.6. The van der Waals surface area contributed by atoms with Gasteiger partial charge in [-0.2, -0.15) is 0 Å². The molecule has 0 aliphatic carbocycles. The number of hydrogen-bond donors (Lipinski definition) is 1. The van der Waals surface area contributed by atoms with Gasteiger partial charge in [-0.1, -0.05) is 0 Å². The highest BCUT2D eigenvalue weighted by molar-refractivity contribution is 5.94. The number of carbonyl (C=O) groups excluding carboxylic acids is 1. The zero-order chi connectivity index (χ0) is 17.7. The Hall–Kier alpha value is -1.63. The molecule has 1 aromatic rings. The second-order valence-corrected chi connectivity index (χ2v) is 6.33. The third kappa shape index (κ3) is 4.93. The van der Waals surface area contributed by atoms with Crippen molar-refractivity contribution in [1.29, 1.82) is 0 Å². The van der Waals surface area contributed by atoms with E-state index in [0.717, 1.165) is 6.54 Å². The summed E-state index contributed by atoms with van der Waals surface area (Å²) in [5, 5.41) is 10.3. The van der Waals surface area contributed by atoms with Crippen molar-refractivity contribution in [3.05, 3.63) is 23.8 Å². The van der Waals surface area contributed by atoms with Crippen LogP contribution in [0.2, 0.25) is 0 Å². The molecule has 0 aromatic heterocycles. The van der Waals surface area contributed by atoms with Crippen molar-refractivity contribution in [2.24, 2.45) is 0 Å². The van der Waals surface area contributed by atoms with Crippen molar-refractivity contribution >= 4 is 5.78 Å². The van der Waals surface area contributed by atoms with Crippen molar-refractivity contribution in [3.63, 3.8) is 0 Å². The molecule has 0 saturated carbocycles. The zero-order valence-corrected chi connectivity index (χ0v) is 14.8.